The van der Waals surface area contributed by atoms with Gasteiger partial charge in [0.25, 0.3) is 0 Å². The van der Waals surface area contributed by atoms with Crippen molar-refractivity contribution in [3.63, 3.8) is 0 Å². The molecule has 3 aromatic carbocycles. The van der Waals surface area contributed by atoms with Crippen molar-refractivity contribution >= 4 is 39.3 Å². The van der Waals surface area contributed by atoms with Crippen LogP contribution < -0.4 is 0 Å². The number of hydrogen-bond acceptors (Lipinski definition) is 2. The van der Waals surface area contributed by atoms with Crippen LogP contribution in [0.2, 0.25) is 5.02 Å². The molecule has 0 saturated heterocycles. The molecular formula is C25H18ClNO2. The normalized spacial score (nSPS) is 11.4. The van der Waals surface area contributed by atoms with Crippen molar-refractivity contribution < 1.29 is 9.21 Å². The van der Waals surface area contributed by atoms with Gasteiger partial charge in [0, 0.05) is 38.3 Å². The smallest absolute Gasteiger partial charge is 0.162 e. The van der Waals surface area contributed by atoms with Crippen LogP contribution >= 0.6 is 11.6 Å². The average molecular weight is 400 g/mol. The van der Waals surface area contributed by atoms with Gasteiger partial charge in [0.05, 0.1) is 11.8 Å². The van der Waals surface area contributed by atoms with Crippen molar-refractivity contribution in [2.75, 3.05) is 0 Å². The highest BCUT2D eigenvalue weighted by molar-refractivity contribution is 6.30. The molecule has 0 N–H and O–H groups in total. The van der Waals surface area contributed by atoms with E-state index >= 15 is 0 Å². The largest absolute Gasteiger partial charge is 0.464 e. The fourth-order valence-electron chi connectivity index (χ4n) is 4.22. The zero-order valence-corrected chi connectivity index (χ0v) is 16.8. The molecule has 0 fully saturated rings. The van der Waals surface area contributed by atoms with Gasteiger partial charge in [-0.05, 0) is 55.8 Å². The lowest BCUT2D eigenvalue weighted by molar-refractivity contribution is 0.101. The van der Waals surface area contributed by atoms with Crippen LogP contribution in [0.25, 0.3) is 38.7 Å². The first-order valence-corrected chi connectivity index (χ1v) is 9.81. The fraction of sp³-hybridized carbons (Fsp3) is 0.0800. The molecule has 29 heavy (non-hydrogen) atoms. The van der Waals surface area contributed by atoms with Crippen LogP contribution in [0, 0.1) is 6.92 Å². The van der Waals surface area contributed by atoms with Crippen LogP contribution in [0.15, 0.2) is 77.4 Å². The van der Waals surface area contributed by atoms with E-state index in [9.17, 15) is 4.79 Å². The van der Waals surface area contributed by atoms with E-state index in [1.807, 2.05) is 61.5 Å². The predicted octanol–water partition coefficient (Wildman–Crippen LogP) is 7.21. The van der Waals surface area contributed by atoms with Crippen molar-refractivity contribution in [1.82, 2.24) is 4.57 Å². The number of furan rings is 1. The average Bonchev–Trinajstić information content (AvgIpc) is 3.27. The zero-order chi connectivity index (χ0) is 20.1. The number of Topliss-reactive ketones (excluding diaryl/α,β-unsaturated/α-hetero) is 1. The Morgan fingerprint density at radius 1 is 0.931 bits per heavy atom. The first kappa shape index (κ1) is 17.8. The third-order valence-electron chi connectivity index (χ3n) is 5.43. The van der Waals surface area contributed by atoms with Gasteiger partial charge in [-0.25, -0.2) is 0 Å². The van der Waals surface area contributed by atoms with E-state index in [1.54, 1.807) is 13.2 Å². The van der Waals surface area contributed by atoms with Crippen LogP contribution in [-0.2, 0) is 0 Å². The Morgan fingerprint density at radius 2 is 1.66 bits per heavy atom. The monoisotopic (exact) mass is 399 g/mol. The number of carbonyl (C=O) groups excluding carboxylic acids is 1. The standard InChI is InChI=1S/C25H18ClNO2/c1-15-23(16(2)28)25-21(27(15)19-10-8-18(26)9-11-19)12-13-22-24(25)20(14-29-22)17-6-4-3-5-7-17/h3-14H,1-2H3. The van der Waals surface area contributed by atoms with Crippen LogP contribution in [0.3, 0.4) is 0 Å². The summed E-state index contributed by atoms with van der Waals surface area (Å²) in [5.41, 5.74) is 6.38. The summed E-state index contributed by atoms with van der Waals surface area (Å²) in [7, 11) is 0. The summed E-state index contributed by atoms with van der Waals surface area (Å²) in [6.45, 7) is 3.61. The number of rotatable bonds is 3. The fourth-order valence-corrected chi connectivity index (χ4v) is 4.34. The van der Waals surface area contributed by atoms with Crippen molar-refractivity contribution in [1.29, 1.82) is 0 Å². The van der Waals surface area contributed by atoms with Crippen LogP contribution in [0.1, 0.15) is 23.0 Å². The van der Waals surface area contributed by atoms with Crippen LogP contribution in [-0.4, -0.2) is 10.4 Å². The van der Waals surface area contributed by atoms with Gasteiger partial charge >= 0.3 is 0 Å². The highest BCUT2D eigenvalue weighted by Gasteiger charge is 2.23. The summed E-state index contributed by atoms with van der Waals surface area (Å²) < 4.78 is 7.99. The van der Waals surface area contributed by atoms with Crippen molar-refractivity contribution in [3.8, 4) is 16.8 Å². The molecule has 0 unspecified atom stereocenters. The SMILES string of the molecule is CC(=O)c1c(C)n(-c2ccc(Cl)cc2)c2ccc3occ(-c4ccccc4)c3c12. The van der Waals surface area contributed by atoms with E-state index in [0.29, 0.717) is 5.02 Å². The second-order valence-corrected chi connectivity index (χ2v) is 7.61. The van der Waals surface area contributed by atoms with Gasteiger partial charge in [-0.3, -0.25) is 4.79 Å². The Kier molecular flexibility index (Phi) is 4.07. The zero-order valence-electron chi connectivity index (χ0n) is 16.1. The summed E-state index contributed by atoms with van der Waals surface area (Å²) in [5.74, 6) is 0.0351. The highest BCUT2D eigenvalue weighted by Crippen LogP contribution is 2.40. The Hall–Kier alpha value is -3.30. The lowest BCUT2D eigenvalue weighted by atomic mass is 9.98. The predicted molar refractivity (Wildman–Crippen MR) is 118 cm³/mol. The molecule has 0 amide bonds. The summed E-state index contributed by atoms with van der Waals surface area (Å²) in [6, 6.07) is 21.8. The third kappa shape index (κ3) is 2.70. The Morgan fingerprint density at radius 3 is 2.34 bits per heavy atom. The van der Waals surface area contributed by atoms with Gasteiger partial charge in [0.15, 0.2) is 5.78 Å². The molecule has 0 atom stereocenters. The number of hydrogen-bond donors (Lipinski definition) is 0. The molecule has 0 aliphatic carbocycles. The van der Waals surface area contributed by atoms with Crippen LogP contribution in [0.5, 0.6) is 0 Å². The molecule has 5 aromatic rings. The van der Waals surface area contributed by atoms with Crippen molar-refractivity contribution in [2.24, 2.45) is 0 Å². The summed E-state index contributed by atoms with van der Waals surface area (Å²) >= 11 is 6.09. The van der Waals surface area contributed by atoms with Crippen molar-refractivity contribution in [2.45, 2.75) is 13.8 Å². The molecule has 2 heterocycles. The molecule has 142 valence electrons. The number of aromatic nitrogens is 1. The van der Waals surface area contributed by atoms with Gasteiger partial charge < -0.3 is 8.98 Å². The molecule has 0 radical (unpaired) electrons. The number of carbonyl (C=O) groups is 1. The van der Waals surface area contributed by atoms with E-state index in [0.717, 1.165) is 49.9 Å². The second-order valence-electron chi connectivity index (χ2n) is 7.18. The molecule has 4 heteroatoms. The van der Waals surface area contributed by atoms with E-state index in [2.05, 4.69) is 16.7 Å². The van der Waals surface area contributed by atoms with Gasteiger partial charge in [0.2, 0.25) is 0 Å². The molecule has 0 spiro atoms. The third-order valence-corrected chi connectivity index (χ3v) is 5.68. The second kappa shape index (κ2) is 6.64. The number of nitrogens with zero attached hydrogens (tertiary/aromatic N) is 1. The number of ketones is 1. The van der Waals surface area contributed by atoms with Gasteiger partial charge in [0.1, 0.15) is 5.58 Å². The number of fused-ring (bicyclic) bond motifs is 3. The van der Waals surface area contributed by atoms with E-state index < -0.39 is 0 Å². The summed E-state index contributed by atoms with van der Waals surface area (Å²) in [4.78, 5) is 12.7. The Balaban J connectivity index is 1.94. The number of benzene rings is 3. The Labute approximate surface area is 173 Å². The van der Waals surface area contributed by atoms with Crippen molar-refractivity contribution in [3.05, 3.63) is 89.3 Å². The highest BCUT2D eigenvalue weighted by atomic mass is 35.5. The van der Waals surface area contributed by atoms with E-state index in [4.69, 9.17) is 16.0 Å². The van der Waals surface area contributed by atoms with E-state index in [-0.39, 0.29) is 5.78 Å². The first-order valence-electron chi connectivity index (χ1n) is 9.44. The molecule has 5 rings (SSSR count). The number of halogens is 1. The lowest BCUT2D eigenvalue weighted by Crippen LogP contribution is -1.99. The van der Waals surface area contributed by atoms with Crippen LogP contribution in [0.4, 0.5) is 0 Å². The van der Waals surface area contributed by atoms with Gasteiger partial charge in [-0.1, -0.05) is 41.9 Å². The maximum absolute atomic E-state index is 12.7. The van der Waals surface area contributed by atoms with Gasteiger partial charge in [-0.15, -0.1) is 0 Å². The molecule has 0 bridgehead atoms. The lowest BCUT2D eigenvalue weighted by Gasteiger charge is -2.09. The molecule has 0 saturated carbocycles. The maximum atomic E-state index is 12.7. The van der Waals surface area contributed by atoms with Gasteiger partial charge in [-0.2, -0.15) is 0 Å². The quantitative estimate of drug-likeness (QED) is 0.300. The maximum Gasteiger partial charge on any atom is 0.162 e. The molecular weight excluding hydrogens is 382 g/mol. The summed E-state index contributed by atoms with van der Waals surface area (Å²) in [6.07, 6.45) is 1.78. The summed E-state index contributed by atoms with van der Waals surface area (Å²) in [5, 5.41) is 2.57. The first-order chi connectivity index (χ1) is 14.1. The molecule has 0 aliphatic rings. The minimum absolute atomic E-state index is 0.0351. The molecule has 2 aromatic heterocycles. The molecule has 0 aliphatic heterocycles. The minimum atomic E-state index is 0.0351. The van der Waals surface area contributed by atoms with E-state index in [1.165, 1.54) is 0 Å². The Bertz CT molecular complexity index is 1380. The molecule has 3 nitrogen and oxygen atoms in total. The minimum Gasteiger partial charge on any atom is -0.464 e. The topological polar surface area (TPSA) is 35.1 Å².